The minimum atomic E-state index is -0.626. The number of ether oxygens (including phenoxy) is 1. The number of hydrogen-bond acceptors (Lipinski definition) is 3. The third kappa shape index (κ3) is 2.80. The monoisotopic (exact) mass is 297 g/mol. The lowest BCUT2D eigenvalue weighted by Gasteiger charge is -2.08. The molecule has 0 aliphatic rings. The summed E-state index contributed by atoms with van der Waals surface area (Å²) in [6, 6.07) is 7.79. The van der Waals surface area contributed by atoms with Gasteiger partial charge in [-0.05, 0) is 23.8 Å². The number of methoxy groups -OCH3 is 1. The van der Waals surface area contributed by atoms with Crippen LogP contribution in [-0.2, 0) is 4.74 Å². The van der Waals surface area contributed by atoms with Crippen LogP contribution >= 0.6 is 23.2 Å². The zero-order valence-corrected chi connectivity index (χ0v) is 11.4. The second kappa shape index (κ2) is 5.47. The number of carbonyl (C=O) groups excluding carboxylic acids is 1. The number of aromatic amines is 1. The van der Waals surface area contributed by atoms with Crippen LogP contribution in [0.1, 0.15) is 10.5 Å². The lowest BCUT2D eigenvalue weighted by molar-refractivity contribution is 0.0594. The maximum absolute atomic E-state index is 11.7. The van der Waals surface area contributed by atoms with Crippen molar-refractivity contribution in [3.05, 3.63) is 56.4 Å². The van der Waals surface area contributed by atoms with E-state index >= 15 is 0 Å². The Kier molecular flexibility index (Phi) is 3.93. The van der Waals surface area contributed by atoms with E-state index in [2.05, 4.69) is 9.72 Å². The molecule has 19 heavy (non-hydrogen) atoms. The SMILES string of the molecule is COC(=O)c1[nH]c(=O)ccc1-c1ccc(Cl)c(Cl)c1. The van der Waals surface area contributed by atoms with Gasteiger partial charge in [0.15, 0.2) is 0 Å². The number of halogens is 2. The van der Waals surface area contributed by atoms with E-state index < -0.39 is 5.97 Å². The molecule has 0 radical (unpaired) electrons. The molecule has 1 heterocycles. The highest BCUT2D eigenvalue weighted by Gasteiger charge is 2.15. The predicted octanol–water partition coefficient (Wildman–Crippen LogP) is 3.14. The average molecular weight is 298 g/mol. The van der Waals surface area contributed by atoms with Crippen LogP contribution in [0.2, 0.25) is 10.0 Å². The lowest BCUT2D eigenvalue weighted by Crippen LogP contribution is -2.14. The third-order valence-electron chi connectivity index (χ3n) is 2.54. The van der Waals surface area contributed by atoms with Gasteiger partial charge in [-0.25, -0.2) is 4.79 Å². The van der Waals surface area contributed by atoms with E-state index in [9.17, 15) is 9.59 Å². The van der Waals surface area contributed by atoms with Crippen LogP contribution in [0.5, 0.6) is 0 Å². The van der Waals surface area contributed by atoms with Crippen molar-refractivity contribution in [2.75, 3.05) is 7.11 Å². The van der Waals surface area contributed by atoms with E-state index in [-0.39, 0.29) is 11.3 Å². The molecule has 0 unspecified atom stereocenters. The number of aromatic nitrogens is 1. The van der Waals surface area contributed by atoms with E-state index in [4.69, 9.17) is 23.2 Å². The van der Waals surface area contributed by atoms with Gasteiger partial charge in [0.2, 0.25) is 5.56 Å². The first-order valence-electron chi connectivity index (χ1n) is 5.30. The number of benzene rings is 1. The van der Waals surface area contributed by atoms with E-state index in [0.717, 1.165) is 0 Å². The highest BCUT2D eigenvalue weighted by atomic mass is 35.5. The summed E-state index contributed by atoms with van der Waals surface area (Å²) >= 11 is 11.8. The van der Waals surface area contributed by atoms with Gasteiger partial charge in [-0.2, -0.15) is 0 Å². The first kappa shape index (κ1) is 13.6. The molecule has 6 heteroatoms. The van der Waals surface area contributed by atoms with Crippen LogP contribution in [0.3, 0.4) is 0 Å². The molecule has 2 rings (SSSR count). The lowest BCUT2D eigenvalue weighted by atomic mass is 10.0. The Labute approximate surface area is 118 Å². The Hall–Kier alpha value is -1.78. The van der Waals surface area contributed by atoms with Gasteiger partial charge >= 0.3 is 5.97 Å². The van der Waals surface area contributed by atoms with Crippen LogP contribution in [0.25, 0.3) is 11.1 Å². The number of carbonyl (C=O) groups is 1. The van der Waals surface area contributed by atoms with Gasteiger partial charge in [0.05, 0.1) is 17.2 Å². The van der Waals surface area contributed by atoms with Crippen molar-refractivity contribution in [3.63, 3.8) is 0 Å². The zero-order chi connectivity index (χ0) is 14.0. The number of pyridine rings is 1. The maximum atomic E-state index is 11.7. The molecule has 4 nitrogen and oxygen atoms in total. The van der Waals surface area contributed by atoms with Crippen LogP contribution in [0, 0.1) is 0 Å². The summed E-state index contributed by atoms with van der Waals surface area (Å²) in [5.41, 5.74) is 0.869. The van der Waals surface area contributed by atoms with Crippen LogP contribution < -0.4 is 5.56 Å². The molecule has 0 spiro atoms. The maximum Gasteiger partial charge on any atom is 0.355 e. The highest BCUT2D eigenvalue weighted by Crippen LogP contribution is 2.29. The van der Waals surface area contributed by atoms with Gasteiger partial charge < -0.3 is 9.72 Å². The Morgan fingerprint density at radius 1 is 1.16 bits per heavy atom. The van der Waals surface area contributed by atoms with E-state index in [0.29, 0.717) is 21.2 Å². The minimum absolute atomic E-state index is 0.0772. The molecular weight excluding hydrogens is 289 g/mol. The minimum Gasteiger partial charge on any atom is -0.464 e. The van der Waals surface area contributed by atoms with Crippen LogP contribution in [0.4, 0.5) is 0 Å². The summed E-state index contributed by atoms with van der Waals surface area (Å²) in [7, 11) is 1.24. The molecule has 1 aromatic heterocycles. The van der Waals surface area contributed by atoms with Crippen molar-refractivity contribution in [2.45, 2.75) is 0 Å². The summed E-state index contributed by atoms with van der Waals surface area (Å²) in [6.45, 7) is 0. The molecule has 98 valence electrons. The molecule has 0 atom stereocenters. The third-order valence-corrected chi connectivity index (χ3v) is 3.28. The van der Waals surface area contributed by atoms with Crippen LogP contribution in [0.15, 0.2) is 35.1 Å². The van der Waals surface area contributed by atoms with Crippen molar-refractivity contribution in [1.29, 1.82) is 0 Å². The first-order chi connectivity index (χ1) is 9.02. The van der Waals surface area contributed by atoms with Gasteiger partial charge in [0.25, 0.3) is 0 Å². The molecule has 1 N–H and O–H groups in total. The van der Waals surface area contributed by atoms with Crippen LogP contribution in [-0.4, -0.2) is 18.1 Å². The normalized spacial score (nSPS) is 10.3. The smallest absolute Gasteiger partial charge is 0.355 e. The second-order valence-electron chi connectivity index (χ2n) is 3.73. The molecule has 0 saturated carbocycles. The molecule has 0 saturated heterocycles. The summed E-state index contributed by atoms with van der Waals surface area (Å²) in [6.07, 6.45) is 0. The molecule has 1 aromatic carbocycles. The Bertz CT molecular complexity index is 695. The fraction of sp³-hybridized carbons (Fsp3) is 0.0769. The molecule has 0 aliphatic heterocycles. The predicted molar refractivity (Wildman–Crippen MR) is 73.9 cm³/mol. The number of H-pyrrole nitrogens is 1. The first-order valence-corrected chi connectivity index (χ1v) is 6.05. The van der Waals surface area contributed by atoms with Gasteiger partial charge in [-0.1, -0.05) is 29.3 Å². The molecule has 0 fully saturated rings. The van der Waals surface area contributed by atoms with Crippen molar-refractivity contribution >= 4 is 29.2 Å². The number of esters is 1. The summed E-state index contributed by atoms with van der Waals surface area (Å²) in [4.78, 5) is 25.4. The summed E-state index contributed by atoms with van der Waals surface area (Å²) in [5.74, 6) is -0.626. The molecule has 0 aliphatic carbocycles. The van der Waals surface area contributed by atoms with E-state index in [1.54, 1.807) is 18.2 Å². The number of rotatable bonds is 2. The zero-order valence-electron chi connectivity index (χ0n) is 9.87. The topological polar surface area (TPSA) is 59.2 Å². The second-order valence-corrected chi connectivity index (χ2v) is 4.55. The molecular formula is C13H9Cl2NO3. The van der Waals surface area contributed by atoms with E-state index in [1.807, 2.05) is 0 Å². The largest absolute Gasteiger partial charge is 0.464 e. The van der Waals surface area contributed by atoms with Gasteiger partial charge in [0.1, 0.15) is 5.69 Å². The van der Waals surface area contributed by atoms with Crippen molar-refractivity contribution in [2.24, 2.45) is 0 Å². The van der Waals surface area contributed by atoms with Crippen molar-refractivity contribution < 1.29 is 9.53 Å². The fourth-order valence-corrected chi connectivity index (χ4v) is 1.94. The van der Waals surface area contributed by atoms with Crippen molar-refractivity contribution in [1.82, 2.24) is 4.98 Å². The van der Waals surface area contributed by atoms with Gasteiger partial charge in [-0.15, -0.1) is 0 Å². The Morgan fingerprint density at radius 3 is 2.53 bits per heavy atom. The fourth-order valence-electron chi connectivity index (χ4n) is 1.64. The van der Waals surface area contributed by atoms with Crippen molar-refractivity contribution in [3.8, 4) is 11.1 Å². The average Bonchev–Trinajstić information content (AvgIpc) is 2.41. The Morgan fingerprint density at radius 2 is 1.89 bits per heavy atom. The standard InChI is InChI=1S/C13H9Cl2NO3/c1-19-13(18)12-8(3-5-11(17)16-12)7-2-4-9(14)10(15)6-7/h2-6H,1H3,(H,16,17). The Balaban J connectivity index is 2.64. The summed E-state index contributed by atoms with van der Waals surface area (Å²) in [5, 5.41) is 0.774. The number of hydrogen-bond donors (Lipinski definition) is 1. The highest BCUT2D eigenvalue weighted by molar-refractivity contribution is 6.42. The number of nitrogens with one attached hydrogen (secondary N) is 1. The molecule has 0 bridgehead atoms. The summed E-state index contributed by atoms with van der Waals surface area (Å²) < 4.78 is 4.64. The molecule has 0 amide bonds. The van der Waals surface area contributed by atoms with Gasteiger partial charge in [-0.3, -0.25) is 4.79 Å². The van der Waals surface area contributed by atoms with E-state index in [1.165, 1.54) is 19.2 Å². The quantitative estimate of drug-likeness (QED) is 0.866. The van der Waals surface area contributed by atoms with Gasteiger partial charge in [0, 0.05) is 11.6 Å². The molecule has 2 aromatic rings.